The van der Waals surface area contributed by atoms with Crippen molar-refractivity contribution in [2.24, 2.45) is 0 Å². The van der Waals surface area contributed by atoms with Crippen LogP contribution in [0, 0.1) is 0 Å². The lowest BCUT2D eigenvalue weighted by Crippen LogP contribution is -2.39. The number of hydrogen-bond acceptors (Lipinski definition) is 3. The molecular weight excluding hydrogens is 358 g/mol. The van der Waals surface area contributed by atoms with Crippen LogP contribution in [0.4, 0.5) is 0 Å². The van der Waals surface area contributed by atoms with Crippen LogP contribution < -0.4 is 0 Å². The number of nitrogens with zero attached hydrogens (tertiary/aromatic N) is 1. The van der Waals surface area contributed by atoms with Gasteiger partial charge in [-0.1, -0.05) is 12.8 Å². The van der Waals surface area contributed by atoms with E-state index in [1.54, 1.807) is 15.8 Å². The minimum Gasteiger partial charge on any atom is -0.206 e. The van der Waals surface area contributed by atoms with Crippen LogP contribution in [-0.2, 0) is 10.0 Å². The van der Waals surface area contributed by atoms with Gasteiger partial charge >= 0.3 is 0 Å². The van der Waals surface area contributed by atoms with Crippen LogP contribution in [0.2, 0.25) is 0 Å². The van der Waals surface area contributed by atoms with Crippen molar-refractivity contribution in [2.45, 2.75) is 35.9 Å². The van der Waals surface area contributed by atoms with Crippen LogP contribution in [0.5, 0.6) is 0 Å². The van der Waals surface area contributed by atoms with Crippen molar-refractivity contribution in [3.8, 4) is 0 Å². The lowest BCUT2D eigenvalue weighted by Gasteiger charge is -2.26. The van der Waals surface area contributed by atoms with Gasteiger partial charge in [-0.2, -0.15) is 4.31 Å². The first-order chi connectivity index (χ1) is 8.57. The lowest BCUT2D eigenvalue weighted by atomic mass is 10.2. The Labute approximate surface area is 125 Å². The molecule has 1 saturated carbocycles. The van der Waals surface area contributed by atoms with Gasteiger partial charge in [-0.25, -0.2) is 8.42 Å². The predicted octanol–water partition coefficient (Wildman–Crippen LogP) is 3.68. The van der Waals surface area contributed by atoms with Crippen LogP contribution in [0.15, 0.2) is 20.1 Å². The third-order valence-corrected chi connectivity index (χ3v) is 7.93. The van der Waals surface area contributed by atoms with Crippen LogP contribution in [0.3, 0.4) is 0 Å². The predicted molar refractivity (Wildman–Crippen MR) is 78.9 cm³/mol. The van der Waals surface area contributed by atoms with Crippen LogP contribution >= 0.6 is 38.9 Å². The van der Waals surface area contributed by atoms with E-state index in [9.17, 15) is 8.42 Å². The summed E-state index contributed by atoms with van der Waals surface area (Å²) in [6, 6.07) is 1.88. The summed E-state index contributed by atoms with van der Waals surface area (Å²) >= 11 is 10.3. The van der Waals surface area contributed by atoms with Gasteiger partial charge in [0.05, 0.1) is 0 Å². The number of sulfonamides is 1. The average Bonchev–Trinajstić information content (AvgIpc) is 2.96. The fraction of sp³-hybridized carbons (Fsp3) is 0.636. The maximum atomic E-state index is 12.6. The van der Waals surface area contributed by atoms with Gasteiger partial charge in [-0.3, -0.25) is 0 Å². The van der Waals surface area contributed by atoms with Gasteiger partial charge in [0.2, 0.25) is 0 Å². The number of hydrogen-bond donors (Lipinski definition) is 0. The van der Waals surface area contributed by atoms with E-state index < -0.39 is 10.0 Å². The molecule has 18 heavy (non-hydrogen) atoms. The van der Waals surface area contributed by atoms with Crippen LogP contribution in [0.1, 0.15) is 25.7 Å². The molecule has 2 rings (SSSR count). The van der Waals surface area contributed by atoms with Crippen molar-refractivity contribution >= 4 is 48.9 Å². The van der Waals surface area contributed by atoms with Gasteiger partial charge in [0.25, 0.3) is 10.0 Å². The molecule has 1 heterocycles. The largest absolute Gasteiger partial charge is 0.253 e. The summed E-state index contributed by atoms with van der Waals surface area (Å²) in [7, 11) is -3.41. The third kappa shape index (κ3) is 2.93. The number of rotatable bonds is 5. The van der Waals surface area contributed by atoms with Gasteiger partial charge in [-0.05, 0) is 40.2 Å². The number of alkyl halides is 1. The minimum absolute atomic E-state index is 0.114. The molecule has 0 amide bonds. The first-order valence-electron chi connectivity index (χ1n) is 5.88. The smallest absolute Gasteiger partial charge is 0.206 e. The molecule has 3 nitrogen and oxygen atoms in total. The van der Waals surface area contributed by atoms with E-state index in [2.05, 4.69) is 15.9 Å². The molecule has 0 radical (unpaired) electrons. The Balaban J connectivity index is 2.32. The second kappa shape index (κ2) is 6.22. The Morgan fingerprint density at radius 2 is 2.11 bits per heavy atom. The average molecular weight is 373 g/mol. The van der Waals surface area contributed by atoms with E-state index in [1.165, 1.54) is 11.3 Å². The molecule has 0 atom stereocenters. The van der Waals surface area contributed by atoms with Gasteiger partial charge in [0, 0.05) is 22.9 Å². The second-order valence-corrected chi connectivity index (χ2v) is 8.53. The van der Waals surface area contributed by atoms with Crippen LogP contribution in [0.25, 0.3) is 0 Å². The SMILES string of the molecule is O=S(=O)(c1sccc1Br)N(CCCl)C1CCCC1. The van der Waals surface area contributed by atoms with Crippen molar-refractivity contribution < 1.29 is 8.42 Å². The molecular formula is C11H15BrClNO2S2. The Kier molecular flexibility index (Phi) is 5.11. The first-order valence-corrected chi connectivity index (χ1v) is 9.53. The molecule has 1 aromatic rings. The topological polar surface area (TPSA) is 37.4 Å². The highest BCUT2D eigenvalue weighted by atomic mass is 79.9. The fourth-order valence-electron chi connectivity index (χ4n) is 2.34. The molecule has 102 valence electrons. The zero-order valence-electron chi connectivity index (χ0n) is 9.81. The second-order valence-electron chi connectivity index (χ2n) is 4.30. The van der Waals surface area contributed by atoms with E-state index in [-0.39, 0.29) is 6.04 Å². The van der Waals surface area contributed by atoms with Crippen molar-refractivity contribution in [1.29, 1.82) is 0 Å². The van der Waals surface area contributed by atoms with Crippen LogP contribution in [-0.4, -0.2) is 31.2 Å². The van der Waals surface area contributed by atoms with Gasteiger partial charge in [0.15, 0.2) is 0 Å². The lowest BCUT2D eigenvalue weighted by molar-refractivity contribution is 0.337. The highest BCUT2D eigenvalue weighted by Crippen LogP contribution is 2.34. The van der Waals surface area contributed by atoms with Crippen molar-refractivity contribution in [3.05, 3.63) is 15.9 Å². The standard InChI is InChI=1S/C11H15BrClNO2S2/c12-10-5-8-17-11(10)18(15,16)14(7-6-13)9-3-1-2-4-9/h5,8-9H,1-4,6-7H2. The van der Waals surface area contributed by atoms with Crippen molar-refractivity contribution in [2.75, 3.05) is 12.4 Å². The third-order valence-electron chi connectivity index (χ3n) is 3.16. The molecule has 0 aromatic carbocycles. The van der Waals surface area contributed by atoms with E-state index in [4.69, 9.17) is 11.6 Å². The Bertz CT molecular complexity index is 497. The van der Waals surface area contributed by atoms with E-state index in [0.717, 1.165) is 25.7 Å². The molecule has 7 heteroatoms. The summed E-state index contributed by atoms with van der Waals surface area (Å²) in [5.41, 5.74) is 0. The van der Waals surface area contributed by atoms with E-state index in [1.807, 2.05) is 0 Å². The molecule has 1 aromatic heterocycles. The molecule has 0 bridgehead atoms. The Hall–Kier alpha value is 0.380. The molecule has 0 saturated heterocycles. The van der Waals surface area contributed by atoms with Gasteiger partial charge < -0.3 is 0 Å². The summed E-state index contributed by atoms with van der Waals surface area (Å²) in [5.74, 6) is 0.332. The van der Waals surface area contributed by atoms with Crippen molar-refractivity contribution in [1.82, 2.24) is 4.31 Å². The molecule has 1 fully saturated rings. The van der Waals surface area contributed by atoms with Crippen molar-refractivity contribution in [3.63, 3.8) is 0 Å². The molecule has 1 aliphatic carbocycles. The van der Waals surface area contributed by atoms with E-state index >= 15 is 0 Å². The quantitative estimate of drug-likeness (QED) is 0.739. The molecule has 0 unspecified atom stereocenters. The molecule has 0 spiro atoms. The summed E-state index contributed by atoms with van der Waals surface area (Å²) in [6.07, 6.45) is 4.09. The van der Waals surface area contributed by atoms with Gasteiger partial charge in [-0.15, -0.1) is 22.9 Å². The zero-order chi connectivity index (χ0) is 13.2. The molecule has 0 N–H and O–H groups in total. The fourth-order valence-corrected chi connectivity index (χ4v) is 6.74. The normalized spacial score (nSPS) is 17.7. The Morgan fingerprint density at radius 1 is 1.44 bits per heavy atom. The highest BCUT2D eigenvalue weighted by Gasteiger charge is 2.34. The minimum atomic E-state index is -3.41. The Morgan fingerprint density at radius 3 is 2.61 bits per heavy atom. The van der Waals surface area contributed by atoms with E-state index in [0.29, 0.717) is 21.1 Å². The summed E-state index contributed by atoms with van der Waals surface area (Å²) in [6.45, 7) is 0.388. The first kappa shape index (κ1) is 14.8. The maximum Gasteiger partial charge on any atom is 0.253 e. The molecule has 0 aliphatic heterocycles. The number of thiophene rings is 1. The summed E-state index contributed by atoms with van der Waals surface area (Å²) in [4.78, 5) is 0. The zero-order valence-corrected chi connectivity index (χ0v) is 13.8. The maximum absolute atomic E-state index is 12.6. The molecule has 1 aliphatic rings. The summed E-state index contributed by atoms with van der Waals surface area (Å²) < 4.78 is 27.9. The highest BCUT2D eigenvalue weighted by molar-refractivity contribution is 9.10. The number of halogens is 2. The monoisotopic (exact) mass is 371 g/mol. The summed E-state index contributed by atoms with van der Waals surface area (Å²) in [5, 5.41) is 1.78. The van der Waals surface area contributed by atoms with Gasteiger partial charge in [0.1, 0.15) is 4.21 Å².